The average molecular weight is 238 g/mol. The fourth-order valence-electron chi connectivity index (χ4n) is 3.98. The molecule has 0 saturated heterocycles. The summed E-state index contributed by atoms with van der Waals surface area (Å²) >= 11 is 0. The molecule has 1 atom stereocenters. The lowest BCUT2D eigenvalue weighted by Gasteiger charge is -2.44. The van der Waals surface area contributed by atoms with Crippen molar-refractivity contribution < 1.29 is 0 Å². The van der Waals surface area contributed by atoms with Crippen molar-refractivity contribution >= 4 is 0 Å². The molecule has 0 radical (unpaired) electrons. The lowest BCUT2D eigenvalue weighted by molar-refractivity contribution is 0.149. The maximum absolute atomic E-state index is 6.62. The zero-order chi connectivity index (χ0) is 12.4. The largest absolute Gasteiger partial charge is 0.325 e. The summed E-state index contributed by atoms with van der Waals surface area (Å²) in [5.41, 5.74) is 13.4. The molecule has 0 spiro atoms. The van der Waals surface area contributed by atoms with Gasteiger partial charge in [-0.25, -0.2) is 0 Å². The molecule has 4 N–H and O–H groups in total. The summed E-state index contributed by atoms with van der Waals surface area (Å²) in [7, 11) is 0. The molecule has 2 aliphatic carbocycles. The van der Waals surface area contributed by atoms with Gasteiger partial charge in [-0.3, -0.25) is 0 Å². The SMILES string of the molecule is CC(CC1(N)CCCCC1)C1(N)CCCCC1. The van der Waals surface area contributed by atoms with Gasteiger partial charge in [-0.15, -0.1) is 0 Å². The normalized spacial score (nSPS) is 29.8. The zero-order valence-electron chi connectivity index (χ0n) is 11.5. The first-order valence-corrected chi connectivity index (χ1v) is 7.62. The smallest absolute Gasteiger partial charge is 0.0180 e. The molecule has 0 heterocycles. The van der Waals surface area contributed by atoms with Crippen molar-refractivity contribution in [2.24, 2.45) is 17.4 Å². The third kappa shape index (κ3) is 3.23. The zero-order valence-corrected chi connectivity index (χ0v) is 11.5. The number of hydrogen-bond donors (Lipinski definition) is 2. The van der Waals surface area contributed by atoms with Gasteiger partial charge in [0, 0.05) is 11.1 Å². The quantitative estimate of drug-likeness (QED) is 0.792. The van der Waals surface area contributed by atoms with Gasteiger partial charge in [0.15, 0.2) is 0 Å². The van der Waals surface area contributed by atoms with E-state index < -0.39 is 0 Å². The van der Waals surface area contributed by atoms with Crippen LogP contribution in [0, 0.1) is 5.92 Å². The van der Waals surface area contributed by atoms with Gasteiger partial charge in [0.25, 0.3) is 0 Å². The summed E-state index contributed by atoms with van der Waals surface area (Å²) < 4.78 is 0. The number of nitrogens with two attached hydrogens (primary N) is 2. The second-order valence-corrected chi connectivity index (χ2v) is 6.82. The van der Waals surface area contributed by atoms with Crippen LogP contribution in [-0.4, -0.2) is 11.1 Å². The van der Waals surface area contributed by atoms with Crippen LogP contribution in [0.1, 0.15) is 77.6 Å². The van der Waals surface area contributed by atoms with E-state index in [1.807, 2.05) is 0 Å². The summed E-state index contributed by atoms with van der Waals surface area (Å²) in [6.45, 7) is 2.34. The summed E-state index contributed by atoms with van der Waals surface area (Å²) in [6, 6.07) is 0. The Labute approximate surface area is 107 Å². The monoisotopic (exact) mass is 238 g/mol. The van der Waals surface area contributed by atoms with E-state index in [0.717, 1.165) is 6.42 Å². The summed E-state index contributed by atoms with van der Waals surface area (Å²) in [5, 5.41) is 0. The van der Waals surface area contributed by atoms with Crippen LogP contribution in [-0.2, 0) is 0 Å². The lowest BCUT2D eigenvalue weighted by atomic mass is 9.67. The minimum Gasteiger partial charge on any atom is -0.325 e. The van der Waals surface area contributed by atoms with E-state index in [-0.39, 0.29) is 11.1 Å². The number of hydrogen-bond acceptors (Lipinski definition) is 2. The molecule has 2 fully saturated rings. The van der Waals surface area contributed by atoms with Crippen LogP contribution in [0.15, 0.2) is 0 Å². The summed E-state index contributed by atoms with van der Waals surface area (Å²) in [4.78, 5) is 0. The van der Waals surface area contributed by atoms with Crippen LogP contribution in [0.5, 0.6) is 0 Å². The van der Waals surface area contributed by atoms with Crippen molar-refractivity contribution in [3.8, 4) is 0 Å². The van der Waals surface area contributed by atoms with Crippen LogP contribution in [0.4, 0.5) is 0 Å². The maximum atomic E-state index is 6.62. The molecule has 17 heavy (non-hydrogen) atoms. The lowest BCUT2D eigenvalue weighted by Crippen LogP contribution is -2.52. The minimum absolute atomic E-state index is 0.0854. The third-order valence-electron chi connectivity index (χ3n) is 5.33. The van der Waals surface area contributed by atoms with Crippen molar-refractivity contribution in [1.29, 1.82) is 0 Å². The van der Waals surface area contributed by atoms with Gasteiger partial charge >= 0.3 is 0 Å². The molecule has 2 rings (SSSR count). The molecular formula is C15H30N2. The van der Waals surface area contributed by atoms with Crippen LogP contribution in [0.3, 0.4) is 0 Å². The molecule has 0 aromatic rings. The first kappa shape index (κ1) is 13.4. The predicted molar refractivity (Wildman–Crippen MR) is 73.8 cm³/mol. The molecule has 0 amide bonds. The molecule has 0 bridgehead atoms. The van der Waals surface area contributed by atoms with E-state index in [0.29, 0.717) is 5.92 Å². The van der Waals surface area contributed by atoms with Crippen molar-refractivity contribution in [2.45, 2.75) is 88.6 Å². The molecule has 2 saturated carbocycles. The molecule has 100 valence electrons. The van der Waals surface area contributed by atoms with Gasteiger partial charge in [0.05, 0.1) is 0 Å². The fourth-order valence-corrected chi connectivity index (χ4v) is 3.98. The third-order valence-corrected chi connectivity index (χ3v) is 5.33. The standard InChI is InChI=1S/C15H30N2/c1-13(15(17)10-6-3-7-11-15)12-14(16)8-4-2-5-9-14/h13H,2-12,16-17H2,1H3. The van der Waals surface area contributed by atoms with Gasteiger partial charge in [-0.2, -0.15) is 0 Å². The molecule has 0 aromatic carbocycles. The highest BCUT2D eigenvalue weighted by molar-refractivity contribution is 4.97. The Hall–Kier alpha value is -0.0800. The molecule has 0 aromatic heterocycles. The van der Waals surface area contributed by atoms with Crippen LogP contribution in [0.2, 0.25) is 0 Å². The van der Waals surface area contributed by atoms with Gasteiger partial charge < -0.3 is 11.5 Å². The second kappa shape index (κ2) is 5.27. The fraction of sp³-hybridized carbons (Fsp3) is 1.00. The Morgan fingerprint density at radius 3 is 1.82 bits per heavy atom. The van der Waals surface area contributed by atoms with Crippen molar-refractivity contribution in [3.63, 3.8) is 0 Å². The molecular weight excluding hydrogens is 208 g/mol. The molecule has 2 aliphatic rings. The predicted octanol–water partition coefficient (Wildman–Crippen LogP) is 3.34. The van der Waals surface area contributed by atoms with Crippen LogP contribution in [0.25, 0.3) is 0 Å². The van der Waals surface area contributed by atoms with E-state index in [2.05, 4.69) is 6.92 Å². The molecule has 2 heteroatoms. The van der Waals surface area contributed by atoms with E-state index in [1.54, 1.807) is 0 Å². The van der Waals surface area contributed by atoms with E-state index in [9.17, 15) is 0 Å². The van der Waals surface area contributed by atoms with Crippen LogP contribution >= 0.6 is 0 Å². The van der Waals surface area contributed by atoms with E-state index in [1.165, 1.54) is 64.2 Å². The minimum atomic E-state index is 0.0854. The van der Waals surface area contributed by atoms with Crippen molar-refractivity contribution in [2.75, 3.05) is 0 Å². The Kier molecular flexibility index (Phi) is 4.14. The topological polar surface area (TPSA) is 52.0 Å². The van der Waals surface area contributed by atoms with Crippen molar-refractivity contribution in [3.05, 3.63) is 0 Å². The maximum Gasteiger partial charge on any atom is 0.0180 e. The Balaban J connectivity index is 1.92. The van der Waals surface area contributed by atoms with E-state index in [4.69, 9.17) is 11.5 Å². The second-order valence-electron chi connectivity index (χ2n) is 6.82. The number of rotatable bonds is 3. The highest BCUT2D eigenvalue weighted by Crippen LogP contribution is 2.39. The van der Waals surface area contributed by atoms with Crippen LogP contribution < -0.4 is 11.5 Å². The van der Waals surface area contributed by atoms with Gasteiger partial charge in [0.2, 0.25) is 0 Å². The highest BCUT2D eigenvalue weighted by Gasteiger charge is 2.38. The summed E-state index contributed by atoms with van der Waals surface area (Å²) in [5.74, 6) is 0.589. The van der Waals surface area contributed by atoms with Gasteiger partial charge in [0.1, 0.15) is 0 Å². The van der Waals surface area contributed by atoms with E-state index >= 15 is 0 Å². The highest BCUT2D eigenvalue weighted by atomic mass is 14.8. The Bertz CT molecular complexity index is 237. The molecule has 2 nitrogen and oxygen atoms in total. The molecule has 1 unspecified atom stereocenters. The van der Waals surface area contributed by atoms with Gasteiger partial charge in [-0.1, -0.05) is 45.4 Å². The summed E-state index contributed by atoms with van der Waals surface area (Å²) in [6.07, 6.45) is 14.0. The average Bonchev–Trinajstić information content (AvgIpc) is 2.30. The first-order chi connectivity index (χ1) is 8.04. The van der Waals surface area contributed by atoms with Gasteiger partial charge in [-0.05, 0) is 38.0 Å². The first-order valence-electron chi connectivity index (χ1n) is 7.62. The van der Waals surface area contributed by atoms with Crippen molar-refractivity contribution in [1.82, 2.24) is 0 Å². The Morgan fingerprint density at radius 1 is 0.824 bits per heavy atom. The Morgan fingerprint density at radius 2 is 1.29 bits per heavy atom. The molecule has 0 aliphatic heterocycles.